The van der Waals surface area contributed by atoms with E-state index >= 15 is 0 Å². The second-order valence-electron chi connectivity index (χ2n) is 4.02. The van der Waals surface area contributed by atoms with Crippen LogP contribution in [0.3, 0.4) is 0 Å². The first-order valence-electron chi connectivity index (χ1n) is 5.81. The average molecular weight is 270 g/mol. The Morgan fingerprint density at radius 1 is 1.32 bits per heavy atom. The standard InChI is InChI=1S/C13H13F3N2O/c1-2-17-12(9-5-6-19-8-9)11-4-3-10(7-18-11)13(14,15)16/h3-8,12,17H,2H2,1H3. The van der Waals surface area contributed by atoms with Crippen LogP contribution in [0.15, 0.2) is 41.3 Å². The summed E-state index contributed by atoms with van der Waals surface area (Å²) in [5.41, 5.74) is 0.601. The molecule has 0 amide bonds. The molecule has 0 bridgehead atoms. The highest BCUT2D eigenvalue weighted by molar-refractivity contribution is 5.26. The zero-order valence-electron chi connectivity index (χ0n) is 10.2. The number of nitrogens with zero attached hydrogens (tertiary/aromatic N) is 1. The second kappa shape index (κ2) is 5.44. The molecule has 2 aromatic rings. The first-order chi connectivity index (χ1) is 9.02. The van der Waals surface area contributed by atoms with Gasteiger partial charge in [-0.15, -0.1) is 0 Å². The summed E-state index contributed by atoms with van der Waals surface area (Å²) >= 11 is 0. The topological polar surface area (TPSA) is 38.1 Å². The fourth-order valence-corrected chi connectivity index (χ4v) is 1.78. The highest BCUT2D eigenvalue weighted by atomic mass is 19.4. The molecule has 6 heteroatoms. The first kappa shape index (κ1) is 13.6. The maximum Gasteiger partial charge on any atom is 0.417 e. The fourth-order valence-electron chi connectivity index (χ4n) is 1.78. The number of rotatable bonds is 4. The molecule has 0 aliphatic heterocycles. The van der Waals surface area contributed by atoms with E-state index in [9.17, 15) is 13.2 Å². The molecule has 0 radical (unpaired) electrons. The van der Waals surface area contributed by atoms with E-state index in [0.29, 0.717) is 12.2 Å². The lowest BCUT2D eigenvalue weighted by molar-refractivity contribution is -0.137. The zero-order chi connectivity index (χ0) is 13.9. The normalized spacial score (nSPS) is 13.5. The van der Waals surface area contributed by atoms with Gasteiger partial charge in [-0.3, -0.25) is 4.98 Å². The van der Waals surface area contributed by atoms with Crippen LogP contribution in [0.2, 0.25) is 0 Å². The molecule has 0 aromatic carbocycles. The largest absolute Gasteiger partial charge is 0.472 e. The predicted molar refractivity (Wildman–Crippen MR) is 63.5 cm³/mol. The lowest BCUT2D eigenvalue weighted by atomic mass is 10.1. The van der Waals surface area contributed by atoms with E-state index in [1.807, 2.05) is 6.92 Å². The summed E-state index contributed by atoms with van der Waals surface area (Å²) in [6.45, 7) is 2.58. The number of halogens is 3. The molecule has 2 heterocycles. The Morgan fingerprint density at radius 3 is 2.58 bits per heavy atom. The van der Waals surface area contributed by atoms with Crippen LogP contribution in [-0.4, -0.2) is 11.5 Å². The van der Waals surface area contributed by atoms with Crippen molar-refractivity contribution in [2.75, 3.05) is 6.54 Å². The van der Waals surface area contributed by atoms with Crippen molar-refractivity contribution in [3.8, 4) is 0 Å². The number of alkyl halides is 3. The second-order valence-corrected chi connectivity index (χ2v) is 4.02. The third-order valence-corrected chi connectivity index (χ3v) is 2.69. The molecule has 0 saturated carbocycles. The van der Waals surface area contributed by atoms with Gasteiger partial charge in [-0.05, 0) is 24.7 Å². The van der Waals surface area contributed by atoms with Crippen molar-refractivity contribution in [2.45, 2.75) is 19.1 Å². The minimum Gasteiger partial charge on any atom is -0.472 e. The summed E-state index contributed by atoms with van der Waals surface area (Å²) in [4.78, 5) is 3.90. The van der Waals surface area contributed by atoms with Crippen LogP contribution in [-0.2, 0) is 6.18 Å². The van der Waals surface area contributed by atoms with Crippen molar-refractivity contribution in [1.82, 2.24) is 10.3 Å². The molecule has 19 heavy (non-hydrogen) atoms. The zero-order valence-corrected chi connectivity index (χ0v) is 10.2. The lowest BCUT2D eigenvalue weighted by Crippen LogP contribution is -2.22. The highest BCUT2D eigenvalue weighted by Gasteiger charge is 2.31. The van der Waals surface area contributed by atoms with Crippen LogP contribution in [0.4, 0.5) is 13.2 Å². The Hall–Kier alpha value is -1.82. The van der Waals surface area contributed by atoms with E-state index in [2.05, 4.69) is 10.3 Å². The SMILES string of the molecule is CCNC(c1ccoc1)c1ccc(C(F)(F)F)cn1. The first-order valence-corrected chi connectivity index (χ1v) is 5.81. The number of hydrogen-bond acceptors (Lipinski definition) is 3. The number of hydrogen-bond donors (Lipinski definition) is 1. The summed E-state index contributed by atoms with van der Waals surface area (Å²) in [6, 6.07) is 3.90. The van der Waals surface area contributed by atoms with E-state index in [4.69, 9.17) is 4.42 Å². The Labute approximate surface area is 108 Å². The minimum atomic E-state index is -4.37. The molecule has 3 nitrogen and oxygen atoms in total. The molecule has 2 rings (SSSR count). The van der Waals surface area contributed by atoms with Crippen molar-refractivity contribution in [1.29, 1.82) is 0 Å². The van der Waals surface area contributed by atoms with Gasteiger partial charge in [0.2, 0.25) is 0 Å². The molecule has 0 spiro atoms. The summed E-state index contributed by atoms with van der Waals surface area (Å²) in [5.74, 6) is 0. The smallest absolute Gasteiger partial charge is 0.417 e. The maximum absolute atomic E-state index is 12.5. The van der Waals surface area contributed by atoms with Crippen molar-refractivity contribution in [2.24, 2.45) is 0 Å². The number of nitrogens with one attached hydrogen (secondary N) is 1. The lowest BCUT2D eigenvalue weighted by Gasteiger charge is -2.16. The molecule has 0 saturated heterocycles. The Kier molecular flexibility index (Phi) is 3.90. The van der Waals surface area contributed by atoms with E-state index in [1.54, 1.807) is 12.3 Å². The van der Waals surface area contributed by atoms with E-state index < -0.39 is 11.7 Å². The van der Waals surface area contributed by atoms with Crippen LogP contribution in [0.1, 0.15) is 29.8 Å². The van der Waals surface area contributed by atoms with Gasteiger partial charge in [0.15, 0.2) is 0 Å². The maximum atomic E-state index is 12.5. The molecule has 0 fully saturated rings. The predicted octanol–water partition coefficient (Wildman–Crippen LogP) is 3.39. The Balaban J connectivity index is 2.28. The van der Waals surface area contributed by atoms with E-state index in [1.165, 1.54) is 12.3 Å². The van der Waals surface area contributed by atoms with Gasteiger partial charge in [-0.1, -0.05) is 6.92 Å². The van der Waals surface area contributed by atoms with Crippen LogP contribution >= 0.6 is 0 Å². The summed E-state index contributed by atoms with van der Waals surface area (Å²) in [7, 11) is 0. The minimum absolute atomic E-state index is 0.272. The average Bonchev–Trinajstić information content (AvgIpc) is 2.89. The summed E-state index contributed by atoms with van der Waals surface area (Å²) in [6.07, 6.45) is -0.453. The van der Waals surface area contributed by atoms with Gasteiger partial charge < -0.3 is 9.73 Å². The van der Waals surface area contributed by atoms with Crippen LogP contribution in [0, 0.1) is 0 Å². The Bertz CT molecular complexity index is 506. The van der Waals surface area contributed by atoms with Gasteiger partial charge in [0, 0.05) is 11.8 Å². The molecule has 0 aliphatic rings. The van der Waals surface area contributed by atoms with Crippen LogP contribution in [0.25, 0.3) is 0 Å². The van der Waals surface area contributed by atoms with Crippen LogP contribution in [0.5, 0.6) is 0 Å². The Morgan fingerprint density at radius 2 is 2.11 bits per heavy atom. The monoisotopic (exact) mass is 270 g/mol. The van der Waals surface area contributed by atoms with Gasteiger partial charge in [-0.2, -0.15) is 13.2 Å². The molecule has 102 valence electrons. The summed E-state index contributed by atoms with van der Waals surface area (Å²) < 4.78 is 42.4. The molecule has 2 aromatic heterocycles. The number of furan rings is 1. The van der Waals surface area contributed by atoms with E-state index in [0.717, 1.165) is 17.8 Å². The molecule has 1 atom stereocenters. The summed E-state index contributed by atoms with van der Waals surface area (Å²) in [5, 5.41) is 3.16. The van der Waals surface area contributed by atoms with Crippen molar-refractivity contribution >= 4 is 0 Å². The molecule has 1 N–H and O–H groups in total. The van der Waals surface area contributed by atoms with Gasteiger partial charge in [0.25, 0.3) is 0 Å². The highest BCUT2D eigenvalue weighted by Crippen LogP contribution is 2.29. The fraction of sp³-hybridized carbons (Fsp3) is 0.308. The molecular weight excluding hydrogens is 257 g/mol. The molecule has 1 unspecified atom stereocenters. The van der Waals surface area contributed by atoms with Gasteiger partial charge >= 0.3 is 6.18 Å². The van der Waals surface area contributed by atoms with Gasteiger partial charge in [-0.25, -0.2) is 0 Å². The quantitative estimate of drug-likeness (QED) is 0.925. The van der Waals surface area contributed by atoms with Crippen molar-refractivity contribution in [3.05, 3.63) is 53.7 Å². The van der Waals surface area contributed by atoms with Gasteiger partial charge in [0.05, 0.1) is 29.8 Å². The van der Waals surface area contributed by atoms with Gasteiger partial charge in [0.1, 0.15) is 0 Å². The number of pyridine rings is 1. The molecular formula is C13H13F3N2O. The third kappa shape index (κ3) is 3.14. The van der Waals surface area contributed by atoms with Crippen molar-refractivity contribution < 1.29 is 17.6 Å². The van der Waals surface area contributed by atoms with E-state index in [-0.39, 0.29) is 6.04 Å². The van der Waals surface area contributed by atoms with Crippen LogP contribution < -0.4 is 5.32 Å². The van der Waals surface area contributed by atoms with Crippen molar-refractivity contribution in [3.63, 3.8) is 0 Å². The third-order valence-electron chi connectivity index (χ3n) is 2.69. The number of aromatic nitrogens is 1. The molecule has 0 aliphatic carbocycles.